The Bertz CT molecular complexity index is 434. The number of carbonyl (C=O) groups is 1. The highest BCUT2D eigenvalue weighted by Gasteiger charge is 2.20. The van der Waals surface area contributed by atoms with E-state index in [1.165, 1.54) is 0 Å². The van der Waals surface area contributed by atoms with Crippen LogP contribution in [0.15, 0.2) is 24.3 Å². The number of fused-ring (bicyclic) bond motifs is 1. The second-order valence-corrected chi connectivity index (χ2v) is 5.02. The van der Waals surface area contributed by atoms with E-state index >= 15 is 0 Å². The number of nitrogens with zero attached hydrogens (tertiary/aromatic N) is 1. The Morgan fingerprint density at radius 2 is 2.21 bits per heavy atom. The molecule has 0 aliphatic carbocycles. The Kier molecular flexibility index (Phi) is 4.63. The third-order valence-corrected chi connectivity index (χ3v) is 3.06. The zero-order valence-electron chi connectivity index (χ0n) is 11.5. The molecule has 104 valence electrons. The minimum Gasteiger partial charge on any atom is -0.491 e. The molecule has 1 unspecified atom stereocenters. The molecule has 1 aromatic carbocycles. The number of hydrogen-bond donors (Lipinski definition) is 2. The van der Waals surface area contributed by atoms with Crippen LogP contribution in [0.5, 0.6) is 5.75 Å². The van der Waals surface area contributed by atoms with Gasteiger partial charge in [0.2, 0.25) is 0 Å². The van der Waals surface area contributed by atoms with Crippen LogP contribution in [0.4, 0.5) is 4.79 Å². The van der Waals surface area contributed by atoms with Crippen molar-refractivity contribution >= 4 is 6.03 Å². The SMILES string of the molecule is CN(C)CCNC(=O)NC1COc2ccccc2C1. The maximum Gasteiger partial charge on any atom is 0.315 e. The summed E-state index contributed by atoms with van der Waals surface area (Å²) >= 11 is 0. The molecular weight excluding hydrogens is 242 g/mol. The summed E-state index contributed by atoms with van der Waals surface area (Å²) in [6.45, 7) is 2.00. The molecular formula is C14H21N3O2. The third kappa shape index (κ3) is 4.13. The average Bonchev–Trinajstić information content (AvgIpc) is 2.38. The van der Waals surface area contributed by atoms with E-state index in [4.69, 9.17) is 4.74 Å². The number of carbonyl (C=O) groups excluding carboxylic acids is 1. The lowest BCUT2D eigenvalue weighted by molar-refractivity contribution is 0.213. The number of urea groups is 1. The van der Waals surface area contributed by atoms with Crippen molar-refractivity contribution in [1.29, 1.82) is 0 Å². The average molecular weight is 263 g/mol. The molecule has 1 atom stereocenters. The first-order valence-corrected chi connectivity index (χ1v) is 6.55. The molecule has 0 saturated heterocycles. The van der Waals surface area contributed by atoms with Gasteiger partial charge < -0.3 is 20.3 Å². The molecule has 0 radical (unpaired) electrons. The van der Waals surface area contributed by atoms with Gasteiger partial charge in [-0.2, -0.15) is 0 Å². The van der Waals surface area contributed by atoms with Gasteiger partial charge in [-0.05, 0) is 32.1 Å². The van der Waals surface area contributed by atoms with Crippen LogP contribution in [-0.4, -0.2) is 50.8 Å². The molecule has 1 aliphatic heterocycles. The highest BCUT2D eigenvalue weighted by Crippen LogP contribution is 2.23. The predicted molar refractivity (Wildman–Crippen MR) is 74.5 cm³/mol. The first-order chi connectivity index (χ1) is 9.15. The fraction of sp³-hybridized carbons (Fsp3) is 0.500. The quantitative estimate of drug-likeness (QED) is 0.847. The Hall–Kier alpha value is -1.75. The van der Waals surface area contributed by atoms with Crippen LogP contribution in [0.25, 0.3) is 0 Å². The van der Waals surface area contributed by atoms with Gasteiger partial charge in [0.25, 0.3) is 0 Å². The van der Waals surface area contributed by atoms with Crippen molar-refractivity contribution in [2.24, 2.45) is 0 Å². The van der Waals surface area contributed by atoms with Crippen LogP contribution < -0.4 is 15.4 Å². The Morgan fingerprint density at radius 1 is 1.42 bits per heavy atom. The lowest BCUT2D eigenvalue weighted by atomic mass is 10.0. The minimum absolute atomic E-state index is 0.0363. The van der Waals surface area contributed by atoms with E-state index in [-0.39, 0.29) is 12.1 Å². The van der Waals surface area contributed by atoms with Gasteiger partial charge in [0.15, 0.2) is 0 Å². The molecule has 1 aromatic rings. The molecule has 0 bridgehead atoms. The standard InChI is InChI=1S/C14H21N3O2/c1-17(2)8-7-15-14(18)16-12-9-11-5-3-4-6-13(11)19-10-12/h3-6,12H,7-10H2,1-2H3,(H2,15,16,18). The first-order valence-electron chi connectivity index (χ1n) is 6.55. The van der Waals surface area contributed by atoms with E-state index < -0.39 is 0 Å². The van der Waals surface area contributed by atoms with Crippen LogP contribution in [0.3, 0.4) is 0 Å². The number of benzene rings is 1. The van der Waals surface area contributed by atoms with Gasteiger partial charge in [0.05, 0.1) is 6.04 Å². The summed E-state index contributed by atoms with van der Waals surface area (Å²) in [7, 11) is 3.96. The van der Waals surface area contributed by atoms with E-state index in [0.29, 0.717) is 13.2 Å². The second-order valence-electron chi connectivity index (χ2n) is 5.02. The molecule has 0 aromatic heterocycles. The zero-order chi connectivity index (χ0) is 13.7. The number of ether oxygens (including phenoxy) is 1. The maximum absolute atomic E-state index is 11.7. The molecule has 2 N–H and O–H groups in total. The van der Waals surface area contributed by atoms with Crippen molar-refractivity contribution in [2.75, 3.05) is 33.8 Å². The van der Waals surface area contributed by atoms with Gasteiger partial charge in [0, 0.05) is 13.1 Å². The molecule has 19 heavy (non-hydrogen) atoms. The third-order valence-electron chi connectivity index (χ3n) is 3.06. The van der Waals surface area contributed by atoms with Crippen LogP contribution in [0, 0.1) is 0 Å². The van der Waals surface area contributed by atoms with Crippen molar-refractivity contribution in [2.45, 2.75) is 12.5 Å². The van der Waals surface area contributed by atoms with Crippen LogP contribution >= 0.6 is 0 Å². The lowest BCUT2D eigenvalue weighted by Crippen LogP contribution is -2.48. The highest BCUT2D eigenvalue weighted by atomic mass is 16.5. The van der Waals surface area contributed by atoms with Crippen LogP contribution in [-0.2, 0) is 6.42 Å². The minimum atomic E-state index is -0.130. The molecule has 1 aliphatic rings. The highest BCUT2D eigenvalue weighted by molar-refractivity contribution is 5.74. The number of rotatable bonds is 4. The Morgan fingerprint density at radius 3 is 3.00 bits per heavy atom. The molecule has 5 nitrogen and oxygen atoms in total. The summed E-state index contributed by atoms with van der Waals surface area (Å²) in [5, 5.41) is 5.78. The number of nitrogens with one attached hydrogen (secondary N) is 2. The Balaban J connectivity index is 1.77. The fourth-order valence-corrected chi connectivity index (χ4v) is 2.05. The van der Waals surface area contributed by atoms with Gasteiger partial charge in [-0.15, -0.1) is 0 Å². The summed E-state index contributed by atoms with van der Waals surface area (Å²) in [6.07, 6.45) is 0.817. The summed E-state index contributed by atoms with van der Waals surface area (Å²) in [5.74, 6) is 0.925. The summed E-state index contributed by atoms with van der Waals surface area (Å²) < 4.78 is 5.63. The van der Waals surface area contributed by atoms with Crippen LogP contribution in [0.1, 0.15) is 5.56 Å². The maximum atomic E-state index is 11.7. The normalized spacial score (nSPS) is 17.5. The molecule has 0 fully saturated rings. The molecule has 2 rings (SSSR count). The van der Waals surface area contributed by atoms with E-state index in [1.807, 2.05) is 43.3 Å². The number of hydrogen-bond acceptors (Lipinski definition) is 3. The molecule has 1 heterocycles. The zero-order valence-corrected chi connectivity index (χ0v) is 11.5. The van der Waals surface area contributed by atoms with E-state index in [1.54, 1.807) is 0 Å². The summed E-state index contributed by atoms with van der Waals surface area (Å²) in [6, 6.07) is 7.85. The summed E-state index contributed by atoms with van der Waals surface area (Å²) in [4.78, 5) is 13.7. The van der Waals surface area contributed by atoms with Crippen molar-refractivity contribution < 1.29 is 9.53 Å². The predicted octanol–water partition coefficient (Wildman–Crippen LogP) is 0.851. The fourth-order valence-electron chi connectivity index (χ4n) is 2.05. The Labute approximate surface area is 113 Å². The van der Waals surface area contributed by atoms with Gasteiger partial charge in [-0.3, -0.25) is 0 Å². The van der Waals surface area contributed by atoms with Crippen molar-refractivity contribution in [3.63, 3.8) is 0 Å². The second kappa shape index (κ2) is 6.43. The number of para-hydroxylation sites is 1. The van der Waals surface area contributed by atoms with Crippen molar-refractivity contribution in [3.8, 4) is 5.75 Å². The van der Waals surface area contributed by atoms with E-state index in [0.717, 1.165) is 24.3 Å². The molecule has 0 saturated carbocycles. The topological polar surface area (TPSA) is 53.6 Å². The van der Waals surface area contributed by atoms with Gasteiger partial charge >= 0.3 is 6.03 Å². The first kappa shape index (κ1) is 13.7. The summed E-state index contributed by atoms with van der Waals surface area (Å²) in [5.41, 5.74) is 1.15. The van der Waals surface area contributed by atoms with Crippen molar-refractivity contribution in [1.82, 2.24) is 15.5 Å². The van der Waals surface area contributed by atoms with Crippen molar-refractivity contribution in [3.05, 3.63) is 29.8 Å². The molecule has 2 amide bonds. The number of likely N-dealkylation sites (N-methyl/N-ethyl adjacent to an activating group) is 1. The smallest absolute Gasteiger partial charge is 0.315 e. The van der Waals surface area contributed by atoms with Gasteiger partial charge in [-0.25, -0.2) is 4.79 Å². The monoisotopic (exact) mass is 263 g/mol. The molecule has 0 spiro atoms. The van der Waals surface area contributed by atoms with Crippen LogP contribution in [0.2, 0.25) is 0 Å². The van der Waals surface area contributed by atoms with Gasteiger partial charge in [0.1, 0.15) is 12.4 Å². The van der Waals surface area contributed by atoms with Gasteiger partial charge in [-0.1, -0.05) is 18.2 Å². The molecule has 5 heteroatoms. The largest absolute Gasteiger partial charge is 0.491 e. The lowest BCUT2D eigenvalue weighted by Gasteiger charge is -2.26. The number of amides is 2. The van der Waals surface area contributed by atoms with E-state index in [9.17, 15) is 4.79 Å². The van der Waals surface area contributed by atoms with E-state index in [2.05, 4.69) is 10.6 Å².